The van der Waals surface area contributed by atoms with Crippen molar-refractivity contribution in [3.63, 3.8) is 0 Å². The molecule has 0 N–H and O–H groups in total. The zero-order chi connectivity index (χ0) is 25.8. The average Bonchev–Trinajstić information content (AvgIpc) is 2.94. The Balaban J connectivity index is 1.50. The fourth-order valence-corrected chi connectivity index (χ4v) is 4.67. The van der Waals surface area contributed by atoms with Crippen molar-refractivity contribution in [3.05, 3.63) is 106 Å². The highest BCUT2D eigenvalue weighted by atomic mass is 16.5. The van der Waals surface area contributed by atoms with Crippen molar-refractivity contribution in [2.45, 2.75) is 12.5 Å². The Labute approximate surface area is 214 Å². The summed E-state index contributed by atoms with van der Waals surface area (Å²) in [4.78, 5) is 27.4. The molecule has 188 valence electrons. The first-order valence-electron chi connectivity index (χ1n) is 12.0. The molecule has 0 spiro atoms. The first-order chi connectivity index (χ1) is 18.1. The van der Waals surface area contributed by atoms with Gasteiger partial charge in [0.2, 0.25) is 5.91 Å². The lowest BCUT2D eigenvalue weighted by atomic mass is 9.92. The Hall–Kier alpha value is -4.52. The zero-order valence-corrected chi connectivity index (χ0v) is 20.7. The third-order valence-electron chi connectivity index (χ3n) is 6.51. The van der Waals surface area contributed by atoms with Gasteiger partial charge in [-0.15, -0.1) is 0 Å². The smallest absolute Gasteiger partial charge is 0.339 e. The van der Waals surface area contributed by atoms with Crippen LogP contribution in [0, 0.1) is 0 Å². The molecule has 0 radical (unpaired) electrons. The van der Waals surface area contributed by atoms with Crippen LogP contribution in [0.2, 0.25) is 0 Å². The molecule has 1 aliphatic heterocycles. The number of benzene rings is 3. The highest BCUT2D eigenvalue weighted by Crippen LogP contribution is 2.39. The molecule has 0 saturated carbocycles. The second-order valence-electron chi connectivity index (χ2n) is 8.68. The Morgan fingerprint density at radius 1 is 0.973 bits per heavy atom. The molecular weight excluding hydrogens is 470 g/mol. The fraction of sp³-hybridized carbons (Fsp3) is 0.200. The van der Waals surface area contributed by atoms with Gasteiger partial charge in [0.15, 0.2) is 11.5 Å². The van der Waals surface area contributed by atoms with E-state index in [1.54, 1.807) is 43.4 Å². The van der Waals surface area contributed by atoms with Crippen molar-refractivity contribution in [3.8, 4) is 17.2 Å². The normalized spacial score (nSPS) is 15.0. The summed E-state index contributed by atoms with van der Waals surface area (Å²) in [5.74, 6) is 1.49. The van der Waals surface area contributed by atoms with E-state index < -0.39 is 11.7 Å². The lowest BCUT2D eigenvalue weighted by molar-refractivity contribution is -0.129. The number of nitrogens with zero attached hydrogens (tertiary/aromatic N) is 1. The van der Waals surface area contributed by atoms with Crippen LogP contribution in [0.1, 0.15) is 22.7 Å². The van der Waals surface area contributed by atoms with E-state index in [9.17, 15) is 9.59 Å². The number of rotatable bonds is 7. The minimum atomic E-state index is -0.497. The summed E-state index contributed by atoms with van der Waals surface area (Å²) in [7, 11) is 3.18. The maximum Gasteiger partial charge on any atom is 0.339 e. The highest BCUT2D eigenvalue weighted by molar-refractivity contribution is 5.92. The van der Waals surface area contributed by atoms with Gasteiger partial charge in [0.1, 0.15) is 17.9 Å². The number of hydrogen-bond donors (Lipinski definition) is 0. The number of fused-ring (bicyclic) bond motifs is 2. The quantitative estimate of drug-likeness (QED) is 0.263. The SMILES string of the molecule is COc1cc2c(cc1OC)C(COc1cc(=O)oc3ccccc13)N(C(=O)/C=C/c1ccccc1)CC2. The lowest BCUT2D eigenvalue weighted by Crippen LogP contribution is -2.41. The maximum atomic E-state index is 13.4. The Morgan fingerprint density at radius 2 is 1.70 bits per heavy atom. The molecule has 3 aromatic carbocycles. The van der Waals surface area contributed by atoms with Crippen LogP contribution in [0.15, 0.2) is 88.1 Å². The summed E-state index contributed by atoms with van der Waals surface area (Å²) in [5.41, 5.74) is 2.86. The monoisotopic (exact) mass is 497 g/mol. The molecule has 1 atom stereocenters. The van der Waals surface area contributed by atoms with E-state index in [0.717, 1.165) is 16.7 Å². The minimum Gasteiger partial charge on any atom is -0.493 e. The van der Waals surface area contributed by atoms with E-state index in [2.05, 4.69) is 0 Å². The number of amides is 1. The lowest BCUT2D eigenvalue weighted by Gasteiger charge is -2.37. The number of hydrogen-bond acceptors (Lipinski definition) is 6. The molecule has 1 aromatic heterocycles. The zero-order valence-electron chi connectivity index (χ0n) is 20.7. The largest absolute Gasteiger partial charge is 0.493 e. The van der Waals surface area contributed by atoms with Crippen molar-refractivity contribution in [1.29, 1.82) is 0 Å². The Morgan fingerprint density at radius 3 is 2.49 bits per heavy atom. The molecule has 5 rings (SSSR count). The number of ether oxygens (including phenoxy) is 3. The molecule has 2 heterocycles. The second-order valence-corrected chi connectivity index (χ2v) is 8.68. The van der Waals surface area contributed by atoms with E-state index in [0.29, 0.717) is 41.2 Å². The number of methoxy groups -OCH3 is 2. The van der Waals surface area contributed by atoms with Gasteiger partial charge in [-0.3, -0.25) is 4.79 Å². The third kappa shape index (κ3) is 5.07. The van der Waals surface area contributed by atoms with Crippen molar-refractivity contribution >= 4 is 23.0 Å². The van der Waals surface area contributed by atoms with Crippen LogP contribution in [-0.4, -0.2) is 38.2 Å². The summed E-state index contributed by atoms with van der Waals surface area (Å²) >= 11 is 0. The van der Waals surface area contributed by atoms with Crippen LogP contribution in [-0.2, 0) is 11.2 Å². The van der Waals surface area contributed by atoms with Gasteiger partial charge in [0, 0.05) is 12.6 Å². The Kier molecular flexibility index (Phi) is 6.94. The van der Waals surface area contributed by atoms with Crippen molar-refractivity contribution in [2.75, 3.05) is 27.4 Å². The number of carbonyl (C=O) groups is 1. The predicted molar refractivity (Wildman–Crippen MR) is 141 cm³/mol. The first kappa shape index (κ1) is 24.2. The van der Waals surface area contributed by atoms with Crippen LogP contribution in [0.5, 0.6) is 17.2 Å². The van der Waals surface area contributed by atoms with E-state index in [1.807, 2.05) is 54.6 Å². The molecular formula is C30H27NO6. The fourth-order valence-electron chi connectivity index (χ4n) is 4.67. The van der Waals surface area contributed by atoms with E-state index in [-0.39, 0.29) is 12.5 Å². The highest BCUT2D eigenvalue weighted by Gasteiger charge is 2.32. The van der Waals surface area contributed by atoms with Crippen LogP contribution < -0.4 is 19.8 Å². The molecule has 0 fully saturated rings. The molecule has 1 amide bonds. The van der Waals surface area contributed by atoms with Gasteiger partial charge in [0.05, 0.1) is 31.7 Å². The summed E-state index contributed by atoms with van der Waals surface area (Å²) < 4.78 is 22.6. The van der Waals surface area contributed by atoms with Crippen molar-refractivity contribution in [1.82, 2.24) is 4.90 Å². The minimum absolute atomic E-state index is 0.129. The van der Waals surface area contributed by atoms with Crippen molar-refractivity contribution < 1.29 is 23.4 Å². The summed E-state index contributed by atoms with van der Waals surface area (Å²) in [5, 5.41) is 0.687. The predicted octanol–water partition coefficient (Wildman–Crippen LogP) is 5.03. The number of carbonyl (C=O) groups excluding carboxylic acids is 1. The summed E-state index contributed by atoms with van der Waals surface area (Å²) in [6, 6.07) is 21.7. The Bertz CT molecular complexity index is 1510. The molecule has 37 heavy (non-hydrogen) atoms. The van der Waals surface area contributed by atoms with Gasteiger partial charge in [-0.1, -0.05) is 42.5 Å². The van der Waals surface area contributed by atoms with Gasteiger partial charge >= 0.3 is 5.63 Å². The van der Waals surface area contributed by atoms with Crippen LogP contribution in [0.3, 0.4) is 0 Å². The molecule has 7 nitrogen and oxygen atoms in total. The number of para-hydroxylation sites is 1. The van der Waals surface area contributed by atoms with Gasteiger partial charge in [-0.2, -0.15) is 0 Å². The van der Waals surface area contributed by atoms with Crippen molar-refractivity contribution in [2.24, 2.45) is 0 Å². The van der Waals surface area contributed by atoms with Gasteiger partial charge in [0.25, 0.3) is 0 Å². The average molecular weight is 498 g/mol. The van der Waals surface area contributed by atoms with E-state index >= 15 is 0 Å². The third-order valence-corrected chi connectivity index (χ3v) is 6.51. The van der Waals surface area contributed by atoms with Gasteiger partial charge in [-0.25, -0.2) is 4.79 Å². The van der Waals surface area contributed by atoms with Gasteiger partial charge < -0.3 is 23.5 Å². The molecule has 1 aliphatic rings. The first-order valence-corrected chi connectivity index (χ1v) is 12.0. The molecule has 0 bridgehead atoms. The van der Waals surface area contributed by atoms with Crippen LogP contribution >= 0.6 is 0 Å². The molecule has 4 aromatic rings. The van der Waals surface area contributed by atoms with E-state index in [1.165, 1.54) is 6.07 Å². The molecule has 7 heteroatoms. The molecule has 0 saturated heterocycles. The van der Waals surface area contributed by atoms with Crippen LogP contribution in [0.25, 0.3) is 17.0 Å². The van der Waals surface area contributed by atoms with Crippen LogP contribution in [0.4, 0.5) is 0 Å². The standard InChI is InChI=1S/C30H27NO6/c1-34-27-16-21-14-15-31(29(32)13-12-20-8-4-3-5-9-20)24(23(21)17-28(27)35-2)19-36-26-18-30(33)37-25-11-7-6-10-22(25)26/h3-13,16-18,24H,14-15,19H2,1-2H3/b13-12+. The van der Waals surface area contributed by atoms with Gasteiger partial charge in [-0.05, 0) is 53.5 Å². The topological polar surface area (TPSA) is 78.2 Å². The molecule has 1 unspecified atom stereocenters. The summed E-state index contributed by atoms with van der Waals surface area (Å²) in [6.45, 7) is 0.646. The van der Waals surface area contributed by atoms with E-state index in [4.69, 9.17) is 18.6 Å². The second kappa shape index (κ2) is 10.6. The molecule has 0 aliphatic carbocycles. The summed E-state index contributed by atoms with van der Waals surface area (Å²) in [6.07, 6.45) is 4.05. The maximum absolute atomic E-state index is 13.4.